The Balaban J connectivity index is 2.37. The van der Waals surface area contributed by atoms with Gasteiger partial charge in [-0.25, -0.2) is 0 Å². The van der Waals surface area contributed by atoms with Crippen LogP contribution < -0.4 is 0 Å². The summed E-state index contributed by atoms with van der Waals surface area (Å²) in [5, 5.41) is 11.1. The van der Waals surface area contributed by atoms with Crippen LogP contribution in [0.3, 0.4) is 0 Å². The van der Waals surface area contributed by atoms with Crippen LogP contribution in [-0.2, 0) is 5.41 Å². The number of hydrogen-bond donors (Lipinski definition) is 1. The monoisotopic (exact) mass is 272 g/mol. The van der Waals surface area contributed by atoms with Crippen LogP contribution in [0.15, 0.2) is 18.2 Å². The van der Waals surface area contributed by atoms with Gasteiger partial charge in [0.1, 0.15) is 0 Å². The Morgan fingerprint density at radius 1 is 1.24 bits per heavy atom. The van der Waals surface area contributed by atoms with Crippen molar-refractivity contribution < 1.29 is 5.11 Å². The molecule has 1 aromatic carbocycles. The molecular weight excluding hydrogens is 255 g/mol. The Labute approximate surface area is 113 Å². The SMILES string of the molecule is CC1C[C@@H](O)CC[C@@]1(C)c1cc(Cl)cc(Cl)c1. The molecule has 0 aliphatic heterocycles. The van der Waals surface area contributed by atoms with Crippen molar-refractivity contribution in [3.63, 3.8) is 0 Å². The standard InChI is InChI=1S/C14H18Cl2O/c1-9-5-13(17)3-4-14(9,2)10-6-11(15)8-12(16)7-10/h6-9,13,17H,3-5H2,1-2H3/t9?,13-,14+/m0/s1. The lowest BCUT2D eigenvalue weighted by Gasteiger charge is -2.42. The number of aliphatic hydroxyl groups excluding tert-OH is 1. The van der Waals surface area contributed by atoms with Crippen LogP contribution in [0.1, 0.15) is 38.7 Å². The second-order valence-corrected chi connectivity index (χ2v) is 6.28. The molecule has 2 rings (SSSR count). The van der Waals surface area contributed by atoms with Crippen molar-refractivity contribution in [2.24, 2.45) is 5.92 Å². The molecule has 0 aromatic heterocycles. The van der Waals surface area contributed by atoms with E-state index in [-0.39, 0.29) is 11.5 Å². The Bertz CT molecular complexity index is 398. The molecule has 0 radical (unpaired) electrons. The van der Waals surface area contributed by atoms with Crippen LogP contribution in [0.4, 0.5) is 0 Å². The van der Waals surface area contributed by atoms with E-state index < -0.39 is 0 Å². The molecule has 1 aromatic rings. The normalized spacial score (nSPS) is 33.7. The van der Waals surface area contributed by atoms with E-state index >= 15 is 0 Å². The van der Waals surface area contributed by atoms with Crippen LogP contribution in [-0.4, -0.2) is 11.2 Å². The lowest BCUT2D eigenvalue weighted by Crippen LogP contribution is -2.38. The maximum absolute atomic E-state index is 9.72. The van der Waals surface area contributed by atoms with Gasteiger partial charge in [-0.2, -0.15) is 0 Å². The number of halogens is 2. The minimum Gasteiger partial charge on any atom is -0.393 e. The van der Waals surface area contributed by atoms with E-state index in [1.165, 1.54) is 5.56 Å². The van der Waals surface area contributed by atoms with Crippen molar-refractivity contribution in [1.82, 2.24) is 0 Å². The highest BCUT2D eigenvalue weighted by atomic mass is 35.5. The molecule has 0 spiro atoms. The van der Waals surface area contributed by atoms with Gasteiger partial charge in [0.2, 0.25) is 0 Å². The quantitative estimate of drug-likeness (QED) is 0.802. The molecule has 0 bridgehead atoms. The largest absolute Gasteiger partial charge is 0.393 e. The van der Waals surface area contributed by atoms with Crippen LogP contribution in [0.2, 0.25) is 10.0 Å². The van der Waals surface area contributed by atoms with Gasteiger partial charge in [0.25, 0.3) is 0 Å². The Morgan fingerprint density at radius 2 is 1.82 bits per heavy atom. The van der Waals surface area contributed by atoms with Crippen LogP contribution >= 0.6 is 23.2 Å². The van der Waals surface area contributed by atoms with Gasteiger partial charge in [-0.15, -0.1) is 0 Å². The first-order valence-corrected chi connectivity index (χ1v) is 6.82. The predicted molar refractivity (Wildman–Crippen MR) is 72.8 cm³/mol. The van der Waals surface area contributed by atoms with E-state index in [1.54, 1.807) is 6.07 Å². The third kappa shape index (κ3) is 2.62. The fraction of sp³-hybridized carbons (Fsp3) is 0.571. The van der Waals surface area contributed by atoms with Crippen LogP contribution in [0.5, 0.6) is 0 Å². The van der Waals surface area contributed by atoms with Crippen LogP contribution in [0, 0.1) is 5.92 Å². The Morgan fingerprint density at radius 3 is 2.35 bits per heavy atom. The zero-order valence-electron chi connectivity index (χ0n) is 10.2. The predicted octanol–water partition coefficient (Wildman–Crippen LogP) is 4.43. The van der Waals surface area contributed by atoms with Gasteiger partial charge >= 0.3 is 0 Å². The van der Waals surface area contributed by atoms with Gasteiger partial charge in [-0.05, 0) is 54.4 Å². The van der Waals surface area contributed by atoms with Crippen LogP contribution in [0.25, 0.3) is 0 Å². The average molecular weight is 273 g/mol. The topological polar surface area (TPSA) is 20.2 Å². The smallest absolute Gasteiger partial charge is 0.0543 e. The summed E-state index contributed by atoms with van der Waals surface area (Å²) in [6.45, 7) is 4.43. The summed E-state index contributed by atoms with van der Waals surface area (Å²) in [6.07, 6.45) is 2.52. The maximum Gasteiger partial charge on any atom is 0.0543 e. The first kappa shape index (κ1) is 13.2. The number of benzene rings is 1. The van der Waals surface area contributed by atoms with E-state index in [2.05, 4.69) is 13.8 Å². The molecule has 0 saturated heterocycles. The summed E-state index contributed by atoms with van der Waals surface area (Å²) in [5.74, 6) is 0.431. The highest BCUT2D eigenvalue weighted by Gasteiger charge is 2.38. The fourth-order valence-electron chi connectivity index (χ4n) is 2.81. The first-order valence-electron chi connectivity index (χ1n) is 6.06. The second kappa shape index (κ2) is 4.79. The summed E-state index contributed by atoms with van der Waals surface area (Å²) in [6, 6.07) is 5.77. The summed E-state index contributed by atoms with van der Waals surface area (Å²) in [7, 11) is 0. The highest BCUT2D eigenvalue weighted by Crippen LogP contribution is 2.44. The van der Waals surface area contributed by atoms with Gasteiger partial charge < -0.3 is 5.11 Å². The molecule has 0 heterocycles. The third-order valence-electron chi connectivity index (χ3n) is 4.23. The lowest BCUT2D eigenvalue weighted by molar-refractivity contribution is 0.0641. The van der Waals surface area contributed by atoms with E-state index in [1.807, 2.05) is 12.1 Å². The molecule has 1 aliphatic rings. The average Bonchev–Trinajstić information content (AvgIpc) is 2.22. The van der Waals surface area contributed by atoms with Crippen molar-refractivity contribution in [2.75, 3.05) is 0 Å². The minimum atomic E-state index is -0.160. The molecule has 0 amide bonds. The van der Waals surface area contributed by atoms with Crippen molar-refractivity contribution in [1.29, 1.82) is 0 Å². The summed E-state index contributed by atoms with van der Waals surface area (Å²) < 4.78 is 0. The van der Waals surface area contributed by atoms with Crippen molar-refractivity contribution in [2.45, 2.75) is 44.6 Å². The fourth-order valence-corrected chi connectivity index (χ4v) is 3.34. The van der Waals surface area contributed by atoms with E-state index in [0.717, 1.165) is 19.3 Å². The minimum absolute atomic E-state index is 0.0633. The molecular formula is C14H18Cl2O. The third-order valence-corrected chi connectivity index (χ3v) is 4.67. The first-order chi connectivity index (χ1) is 7.91. The van der Waals surface area contributed by atoms with Gasteiger partial charge in [0, 0.05) is 10.0 Å². The van der Waals surface area contributed by atoms with E-state index in [4.69, 9.17) is 23.2 Å². The van der Waals surface area contributed by atoms with Crippen molar-refractivity contribution in [3.8, 4) is 0 Å². The molecule has 3 heteroatoms. The summed E-state index contributed by atoms with van der Waals surface area (Å²) >= 11 is 12.1. The van der Waals surface area contributed by atoms with E-state index in [0.29, 0.717) is 16.0 Å². The van der Waals surface area contributed by atoms with Gasteiger partial charge in [-0.1, -0.05) is 37.0 Å². The Hall–Kier alpha value is -0.240. The molecule has 1 N–H and O–H groups in total. The Kier molecular flexibility index (Phi) is 3.72. The lowest BCUT2D eigenvalue weighted by atomic mass is 9.64. The van der Waals surface area contributed by atoms with Gasteiger partial charge in [0.05, 0.1) is 6.10 Å². The zero-order valence-corrected chi connectivity index (χ0v) is 11.7. The number of aliphatic hydroxyl groups is 1. The molecule has 94 valence electrons. The summed E-state index contributed by atoms with van der Waals surface area (Å²) in [4.78, 5) is 0. The van der Waals surface area contributed by atoms with E-state index in [9.17, 15) is 5.11 Å². The zero-order chi connectivity index (χ0) is 12.6. The van der Waals surface area contributed by atoms with Crippen molar-refractivity contribution in [3.05, 3.63) is 33.8 Å². The number of rotatable bonds is 1. The molecule has 17 heavy (non-hydrogen) atoms. The number of hydrogen-bond acceptors (Lipinski definition) is 1. The van der Waals surface area contributed by atoms with Gasteiger partial charge in [-0.3, -0.25) is 0 Å². The molecule has 1 nitrogen and oxygen atoms in total. The molecule has 1 unspecified atom stereocenters. The molecule has 1 saturated carbocycles. The second-order valence-electron chi connectivity index (χ2n) is 5.40. The molecule has 1 aliphatic carbocycles. The highest BCUT2D eigenvalue weighted by molar-refractivity contribution is 6.34. The van der Waals surface area contributed by atoms with Gasteiger partial charge in [0.15, 0.2) is 0 Å². The summed E-state index contributed by atoms with van der Waals surface area (Å²) in [5.41, 5.74) is 1.25. The molecule has 3 atom stereocenters. The van der Waals surface area contributed by atoms with Crippen molar-refractivity contribution >= 4 is 23.2 Å². The maximum atomic E-state index is 9.72. The molecule has 1 fully saturated rings.